The molecule has 0 radical (unpaired) electrons. The fourth-order valence-electron chi connectivity index (χ4n) is 1.68. The first-order chi connectivity index (χ1) is 10.1. The van der Waals surface area contributed by atoms with Crippen molar-refractivity contribution in [3.8, 4) is 0 Å². The molecule has 0 aliphatic rings. The molecular formula is C15H14ClN3O2. The molecule has 1 heterocycles. The molecule has 1 aromatic heterocycles. The third-order valence-corrected chi connectivity index (χ3v) is 2.96. The largest absolute Gasteiger partial charge is 0.352 e. The molecular weight excluding hydrogens is 290 g/mol. The minimum Gasteiger partial charge on any atom is -0.352 e. The zero-order chi connectivity index (χ0) is 15.2. The molecule has 6 heteroatoms. The number of anilines is 1. The maximum absolute atomic E-state index is 12.0. The number of hydrogen-bond donors (Lipinski definition) is 2. The van der Waals surface area contributed by atoms with Crippen molar-refractivity contribution in [2.24, 2.45) is 0 Å². The summed E-state index contributed by atoms with van der Waals surface area (Å²) in [6.45, 7) is 2.42. The van der Waals surface area contributed by atoms with Gasteiger partial charge in [0.2, 0.25) is 0 Å². The lowest BCUT2D eigenvalue weighted by Gasteiger charge is -2.06. The van der Waals surface area contributed by atoms with Crippen LogP contribution in [0.1, 0.15) is 27.6 Å². The SMILES string of the molecule is CCNC(=O)c1ccc(NC(=O)c2ccc(Cl)nc2)cc1. The third kappa shape index (κ3) is 4.03. The number of carbonyl (C=O) groups is 2. The molecule has 0 aliphatic carbocycles. The van der Waals surface area contributed by atoms with Crippen LogP contribution in [0.2, 0.25) is 5.15 Å². The molecule has 0 bridgehead atoms. The molecule has 0 atom stereocenters. The smallest absolute Gasteiger partial charge is 0.257 e. The molecule has 2 N–H and O–H groups in total. The van der Waals surface area contributed by atoms with Gasteiger partial charge in [0.25, 0.3) is 11.8 Å². The minimum atomic E-state index is -0.287. The molecule has 0 unspecified atom stereocenters. The van der Waals surface area contributed by atoms with Crippen molar-refractivity contribution in [1.82, 2.24) is 10.3 Å². The molecule has 2 amide bonds. The van der Waals surface area contributed by atoms with Crippen LogP contribution in [0.4, 0.5) is 5.69 Å². The number of nitrogens with zero attached hydrogens (tertiary/aromatic N) is 1. The van der Waals surface area contributed by atoms with Gasteiger partial charge in [0.1, 0.15) is 5.15 Å². The van der Waals surface area contributed by atoms with E-state index in [1.54, 1.807) is 36.4 Å². The quantitative estimate of drug-likeness (QED) is 0.853. The van der Waals surface area contributed by atoms with Crippen LogP contribution in [-0.2, 0) is 0 Å². The monoisotopic (exact) mass is 303 g/mol. The summed E-state index contributed by atoms with van der Waals surface area (Å²) in [5, 5.41) is 5.76. The van der Waals surface area contributed by atoms with Crippen molar-refractivity contribution in [2.75, 3.05) is 11.9 Å². The molecule has 5 nitrogen and oxygen atoms in total. The summed E-state index contributed by atoms with van der Waals surface area (Å²) in [7, 11) is 0. The summed E-state index contributed by atoms with van der Waals surface area (Å²) in [6, 6.07) is 9.79. The minimum absolute atomic E-state index is 0.141. The van der Waals surface area contributed by atoms with Gasteiger partial charge in [-0.05, 0) is 43.3 Å². The maximum Gasteiger partial charge on any atom is 0.257 e. The predicted octanol–water partition coefficient (Wildman–Crippen LogP) is 2.74. The van der Waals surface area contributed by atoms with Gasteiger partial charge in [0.15, 0.2) is 0 Å². The molecule has 0 fully saturated rings. The number of carbonyl (C=O) groups excluding carboxylic acids is 2. The lowest BCUT2D eigenvalue weighted by atomic mass is 10.2. The molecule has 2 aromatic rings. The van der Waals surface area contributed by atoms with Crippen molar-refractivity contribution in [1.29, 1.82) is 0 Å². The maximum atomic E-state index is 12.0. The Morgan fingerprint density at radius 1 is 1.05 bits per heavy atom. The Morgan fingerprint density at radius 3 is 2.29 bits per heavy atom. The van der Waals surface area contributed by atoms with E-state index < -0.39 is 0 Å². The van der Waals surface area contributed by atoms with Gasteiger partial charge in [-0.2, -0.15) is 0 Å². The van der Waals surface area contributed by atoms with E-state index in [9.17, 15) is 9.59 Å². The van der Waals surface area contributed by atoms with E-state index in [0.717, 1.165) is 0 Å². The number of aromatic nitrogens is 1. The molecule has 2 rings (SSSR count). The highest BCUT2D eigenvalue weighted by Gasteiger charge is 2.08. The number of pyridine rings is 1. The summed E-state index contributed by atoms with van der Waals surface area (Å²) < 4.78 is 0. The predicted molar refractivity (Wildman–Crippen MR) is 81.6 cm³/mol. The Labute approximate surface area is 127 Å². The van der Waals surface area contributed by atoms with E-state index in [4.69, 9.17) is 11.6 Å². The van der Waals surface area contributed by atoms with Crippen LogP contribution in [0.15, 0.2) is 42.6 Å². The van der Waals surface area contributed by atoms with Gasteiger partial charge in [-0.25, -0.2) is 4.98 Å². The van der Waals surface area contributed by atoms with Gasteiger partial charge < -0.3 is 10.6 Å². The highest BCUT2D eigenvalue weighted by Crippen LogP contribution is 2.12. The Kier molecular flexibility index (Phi) is 4.90. The molecule has 0 saturated heterocycles. The normalized spacial score (nSPS) is 10.0. The van der Waals surface area contributed by atoms with Gasteiger partial charge in [0.05, 0.1) is 5.56 Å². The number of amides is 2. The molecule has 108 valence electrons. The fraction of sp³-hybridized carbons (Fsp3) is 0.133. The van der Waals surface area contributed by atoms with E-state index in [1.807, 2.05) is 6.92 Å². The Bertz CT molecular complexity index is 639. The van der Waals surface area contributed by atoms with Gasteiger partial charge in [-0.1, -0.05) is 11.6 Å². The first-order valence-electron chi connectivity index (χ1n) is 6.41. The van der Waals surface area contributed by atoms with Crippen molar-refractivity contribution in [3.05, 3.63) is 58.9 Å². The zero-order valence-electron chi connectivity index (χ0n) is 11.4. The van der Waals surface area contributed by atoms with Crippen LogP contribution in [-0.4, -0.2) is 23.3 Å². The molecule has 21 heavy (non-hydrogen) atoms. The number of hydrogen-bond acceptors (Lipinski definition) is 3. The van der Waals surface area contributed by atoms with Crippen LogP contribution in [0.3, 0.4) is 0 Å². The van der Waals surface area contributed by atoms with Crippen LogP contribution < -0.4 is 10.6 Å². The van der Waals surface area contributed by atoms with Crippen molar-refractivity contribution in [2.45, 2.75) is 6.92 Å². The van der Waals surface area contributed by atoms with Crippen molar-refractivity contribution in [3.63, 3.8) is 0 Å². The lowest BCUT2D eigenvalue weighted by molar-refractivity contribution is 0.0955. The molecule has 0 spiro atoms. The number of benzene rings is 1. The number of halogens is 1. The Morgan fingerprint density at radius 2 is 1.71 bits per heavy atom. The number of nitrogens with one attached hydrogen (secondary N) is 2. The van der Waals surface area contributed by atoms with E-state index in [0.29, 0.717) is 28.5 Å². The summed E-state index contributed by atoms with van der Waals surface area (Å²) in [5.74, 6) is -0.429. The average molecular weight is 304 g/mol. The van der Waals surface area contributed by atoms with Gasteiger partial charge in [-0.3, -0.25) is 9.59 Å². The van der Waals surface area contributed by atoms with E-state index in [1.165, 1.54) is 6.20 Å². The second-order valence-electron chi connectivity index (χ2n) is 4.26. The molecule has 0 aliphatic heterocycles. The summed E-state index contributed by atoms with van der Waals surface area (Å²) in [5.41, 5.74) is 1.55. The van der Waals surface area contributed by atoms with Crippen molar-refractivity contribution >= 4 is 29.1 Å². The molecule has 1 aromatic carbocycles. The Balaban J connectivity index is 2.04. The zero-order valence-corrected chi connectivity index (χ0v) is 12.1. The fourth-order valence-corrected chi connectivity index (χ4v) is 1.79. The van der Waals surface area contributed by atoms with E-state index >= 15 is 0 Å². The van der Waals surface area contributed by atoms with E-state index in [-0.39, 0.29) is 11.8 Å². The highest BCUT2D eigenvalue weighted by atomic mass is 35.5. The van der Waals surface area contributed by atoms with Gasteiger partial charge >= 0.3 is 0 Å². The lowest BCUT2D eigenvalue weighted by Crippen LogP contribution is -2.22. The topological polar surface area (TPSA) is 71.1 Å². The molecule has 0 saturated carbocycles. The van der Waals surface area contributed by atoms with E-state index in [2.05, 4.69) is 15.6 Å². The second kappa shape index (κ2) is 6.85. The van der Waals surface area contributed by atoms with Gasteiger partial charge in [-0.15, -0.1) is 0 Å². The first-order valence-corrected chi connectivity index (χ1v) is 6.79. The van der Waals surface area contributed by atoms with Crippen molar-refractivity contribution < 1.29 is 9.59 Å². The van der Waals surface area contributed by atoms with Crippen LogP contribution in [0, 0.1) is 0 Å². The van der Waals surface area contributed by atoms with Crippen LogP contribution >= 0.6 is 11.6 Å². The second-order valence-corrected chi connectivity index (χ2v) is 4.65. The standard InChI is InChI=1S/C15H14ClN3O2/c1-2-17-14(20)10-3-6-12(7-4-10)19-15(21)11-5-8-13(16)18-9-11/h3-9H,2H2,1H3,(H,17,20)(H,19,21). The van der Waals surface area contributed by atoms with Crippen LogP contribution in [0.25, 0.3) is 0 Å². The summed E-state index contributed by atoms with van der Waals surface area (Å²) in [4.78, 5) is 27.4. The highest BCUT2D eigenvalue weighted by molar-refractivity contribution is 6.29. The van der Waals surface area contributed by atoms with Crippen LogP contribution in [0.5, 0.6) is 0 Å². The Hall–Kier alpha value is -2.40. The number of rotatable bonds is 4. The third-order valence-electron chi connectivity index (χ3n) is 2.73. The first kappa shape index (κ1) is 15.0. The average Bonchev–Trinajstić information content (AvgIpc) is 2.49. The summed E-state index contributed by atoms with van der Waals surface area (Å²) in [6.07, 6.45) is 1.40. The summed E-state index contributed by atoms with van der Waals surface area (Å²) >= 11 is 5.67. The van der Waals surface area contributed by atoms with Gasteiger partial charge in [0, 0.05) is 24.0 Å².